The summed E-state index contributed by atoms with van der Waals surface area (Å²) in [6, 6.07) is 0. The van der Waals surface area contributed by atoms with Gasteiger partial charge in [-0.2, -0.15) is 8.42 Å². The lowest BCUT2D eigenvalue weighted by atomic mass is 9.99. The molecule has 0 aromatic rings. The summed E-state index contributed by atoms with van der Waals surface area (Å²) in [4.78, 5) is 12.9. The van der Waals surface area contributed by atoms with Crippen LogP contribution in [0.4, 0.5) is 0 Å². The fraction of sp³-hybridized carbons (Fsp3) is 0.667. The Bertz CT molecular complexity index is 1630. The maximum Gasteiger partial charge on any atom is 0.397 e. The molecule has 1 rings (SSSR count). The highest BCUT2D eigenvalue weighted by Crippen LogP contribution is 2.26. The zero-order valence-corrected chi connectivity index (χ0v) is 43.8. The molecule has 13 heteroatoms. The number of hydrogen-bond acceptors (Lipinski definition) is 11. The summed E-state index contributed by atoms with van der Waals surface area (Å²) in [5.74, 6) is -0.430. The van der Waals surface area contributed by atoms with Crippen LogP contribution in [-0.2, 0) is 38.3 Å². The van der Waals surface area contributed by atoms with Crippen LogP contribution in [0.5, 0.6) is 0 Å². The number of allylic oxidation sites excluding steroid dienone is 18. The van der Waals surface area contributed by atoms with Gasteiger partial charge in [0.1, 0.15) is 30.5 Å². The van der Waals surface area contributed by atoms with Gasteiger partial charge >= 0.3 is 16.4 Å². The SMILES string of the molecule is CC/C=C\C/C=C\C/C=C\C/C=C\C/C=C\C/C=C\CCCOCC(COC1OC(CO)C(O)C(OS(=O)(=O)O)C1O)OC(=O)CCCCCCCCCC/C=C\C/C=C\C/C=C\CCCCCCC. The second-order valence-corrected chi connectivity index (χ2v) is 18.8. The highest BCUT2D eigenvalue weighted by molar-refractivity contribution is 7.80. The van der Waals surface area contributed by atoms with E-state index in [1.165, 1.54) is 64.2 Å². The first kappa shape index (κ1) is 64.8. The van der Waals surface area contributed by atoms with Gasteiger partial charge in [-0.05, 0) is 96.3 Å². The molecular formula is C57H94O12S. The smallest absolute Gasteiger partial charge is 0.397 e. The van der Waals surface area contributed by atoms with Gasteiger partial charge in [-0.1, -0.05) is 187 Å². The molecule has 6 unspecified atom stereocenters. The maximum absolute atomic E-state index is 12.9. The highest BCUT2D eigenvalue weighted by atomic mass is 32.3. The highest BCUT2D eigenvalue weighted by Gasteiger charge is 2.48. The molecule has 0 aliphatic carbocycles. The first-order chi connectivity index (χ1) is 34.1. The van der Waals surface area contributed by atoms with Crippen molar-refractivity contribution in [2.45, 2.75) is 218 Å². The molecule has 0 spiro atoms. The Hall–Kier alpha value is -3.24. The predicted molar refractivity (Wildman–Crippen MR) is 284 cm³/mol. The fourth-order valence-corrected chi connectivity index (χ4v) is 7.91. The number of hydrogen-bond donors (Lipinski definition) is 4. The average molecular weight is 1000 g/mol. The molecule has 4 N–H and O–H groups in total. The standard InChI is InChI=1S/C57H94O12S/c1-3-5-7-9-11-13-15-17-19-21-23-25-26-27-28-30-32-34-36-38-40-42-44-46-53(59)67-51(50-66-57-55(61)56(69-70(62,63)64)54(60)52(48-58)68-57)49-65-47-45-43-41-39-37-35-33-31-29-24-22-20-18-16-14-12-10-8-6-4-2/h6,8,12,14-15,17-18,20-21,23-24,26-27,29,33,35,39,41,51-52,54-58,60-61H,3-5,7,9-11,13,16,19,22,25,28,30-32,34,36-38,40,42-50H2,1-2H3,(H,62,63,64)/b8-6-,14-12-,17-15-,20-18-,23-21-,27-26-,29-24-,35-33-,41-39-. The number of unbranched alkanes of at least 4 members (excludes halogenated alkanes) is 14. The summed E-state index contributed by atoms with van der Waals surface area (Å²) < 4.78 is 59.2. The molecule has 70 heavy (non-hydrogen) atoms. The van der Waals surface area contributed by atoms with E-state index in [1.807, 2.05) is 0 Å². The van der Waals surface area contributed by atoms with Crippen molar-refractivity contribution >= 4 is 16.4 Å². The van der Waals surface area contributed by atoms with Gasteiger partial charge in [0.15, 0.2) is 6.29 Å². The lowest BCUT2D eigenvalue weighted by Crippen LogP contribution is -2.60. The van der Waals surface area contributed by atoms with Crippen LogP contribution in [0.25, 0.3) is 0 Å². The van der Waals surface area contributed by atoms with E-state index < -0.39 is 59.8 Å². The van der Waals surface area contributed by atoms with Crippen molar-refractivity contribution in [2.24, 2.45) is 0 Å². The molecule has 0 aromatic carbocycles. The first-order valence-electron chi connectivity index (χ1n) is 26.6. The monoisotopic (exact) mass is 1000 g/mol. The minimum atomic E-state index is -5.08. The second-order valence-electron chi connectivity index (χ2n) is 17.7. The first-order valence-corrected chi connectivity index (χ1v) is 28.0. The zero-order valence-electron chi connectivity index (χ0n) is 43.0. The van der Waals surface area contributed by atoms with Crippen LogP contribution in [0.1, 0.15) is 181 Å². The number of ether oxygens (including phenoxy) is 4. The summed E-state index contributed by atoms with van der Waals surface area (Å²) in [5.41, 5.74) is 0. The fourth-order valence-electron chi connectivity index (χ4n) is 7.40. The Kier molecular flexibility index (Phi) is 43.3. The number of aliphatic hydroxyl groups is 3. The van der Waals surface area contributed by atoms with Gasteiger partial charge in [-0.15, -0.1) is 0 Å². The van der Waals surface area contributed by atoms with E-state index in [9.17, 15) is 33.1 Å². The number of carbonyl (C=O) groups excluding carboxylic acids is 1. The molecule has 0 bridgehead atoms. The lowest BCUT2D eigenvalue weighted by molar-refractivity contribution is -0.301. The van der Waals surface area contributed by atoms with Crippen LogP contribution < -0.4 is 0 Å². The van der Waals surface area contributed by atoms with Crippen molar-refractivity contribution < 1.29 is 56.2 Å². The molecule has 0 amide bonds. The predicted octanol–water partition coefficient (Wildman–Crippen LogP) is 12.7. The van der Waals surface area contributed by atoms with E-state index in [0.717, 1.165) is 89.9 Å². The molecule has 6 atom stereocenters. The number of esters is 1. The van der Waals surface area contributed by atoms with Gasteiger partial charge in [0.05, 0.1) is 19.8 Å². The number of rotatable bonds is 45. The average Bonchev–Trinajstić information content (AvgIpc) is 3.34. The zero-order chi connectivity index (χ0) is 51.0. The van der Waals surface area contributed by atoms with Crippen LogP contribution >= 0.6 is 0 Å². The van der Waals surface area contributed by atoms with E-state index in [4.69, 9.17) is 18.9 Å². The van der Waals surface area contributed by atoms with Crippen LogP contribution in [0.15, 0.2) is 109 Å². The van der Waals surface area contributed by atoms with Crippen molar-refractivity contribution in [1.82, 2.24) is 0 Å². The van der Waals surface area contributed by atoms with Crippen molar-refractivity contribution in [3.8, 4) is 0 Å². The third kappa shape index (κ3) is 39.4. The Morgan fingerprint density at radius 3 is 1.44 bits per heavy atom. The number of carbonyl (C=O) groups is 1. The topological polar surface area (TPSA) is 178 Å². The Balaban J connectivity index is 2.41. The van der Waals surface area contributed by atoms with Crippen LogP contribution in [0.3, 0.4) is 0 Å². The van der Waals surface area contributed by atoms with E-state index >= 15 is 0 Å². The van der Waals surface area contributed by atoms with Crippen molar-refractivity contribution in [3.05, 3.63) is 109 Å². The van der Waals surface area contributed by atoms with Gasteiger partial charge in [0.2, 0.25) is 0 Å². The van der Waals surface area contributed by atoms with Gasteiger partial charge < -0.3 is 34.3 Å². The molecular weight excluding hydrogens is 909 g/mol. The molecule has 0 aromatic heterocycles. The molecule has 0 radical (unpaired) electrons. The van der Waals surface area contributed by atoms with Crippen molar-refractivity contribution in [2.75, 3.05) is 26.4 Å². The molecule has 0 saturated carbocycles. The molecule has 1 fully saturated rings. The summed E-state index contributed by atoms with van der Waals surface area (Å²) in [6.07, 6.45) is 57.0. The summed E-state index contributed by atoms with van der Waals surface area (Å²) in [7, 11) is -5.08. The van der Waals surface area contributed by atoms with E-state index in [0.29, 0.717) is 13.0 Å². The summed E-state index contributed by atoms with van der Waals surface area (Å²) >= 11 is 0. The van der Waals surface area contributed by atoms with Crippen LogP contribution in [0.2, 0.25) is 0 Å². The summed E-state index contributed by atoms with van der Waals surface area (Å²) in [6.45, 7) is 3.69. The quantitative estimate of drug-likeness (QED) is 0.0197. The third-order valence-electron chi connectivity index (χ3n) is 11.4. The Labute approximate surface area is 424 Å². The molecule has 12 nitrogen and oxygen atoms in total. The van der Waals surface area contributed by atoms with Gasteiger partial charge in [0, 0.05) is 13.0 Å². The minimum absolute atomic E-state index is 0.0145. The third-order valence-corrected chi connectivity index (χ3v) is 11.8. The number of aliphatic hydroxyl groups excluding tert-OH is 3. The summed E-state index contributed by atoms with van der Waals surface area (Å²) in [5, 5.41) is 30.8. The molecule has 400 valence electrons. The Morgan fingerprint density at radius 2 is 0.986 bits per heavy atom. The molecule has 1 aliphatic heterocycles. The lowest BCUT2D eigenvalue weighted by Gasteiger charge is -2.41. The van der Waals surface area contributed by atoms with Crippen LogP contribution in [-0.4, -0.2) is 97.5 Å². The minimum Gasteiger partial charge on any atom is -0.457 e. The Morgan fingerprint density at radius 1 is 0.557 bits per heavy atom. The normalized spacial score (nSPS) is 20.0. The van der Waals surface area contributed by atoms with E-state index in [2.05, 4.69) is 127 Å². The molecule has 1 saturated heterocycles. The maximum atomic E-state index is 12.9. The van der Waals surface area contributed by atoms with Crippen molar-refractivity contribution in [1.29, 1.82) is 0 Å². The van der Waals surface area contributed by atoms with E-state index in [1.54, 1.807) is 0 Å². The van der Waals surface area contributed by atoms with E-state index in [-0.39, 0.29) is 19.6 Å². The molecule has 1 aliphatic rings. The van der Waals surface area contributed by atoms with Gasteiger partial charge in [0.25, 0.3) is 0 Å². The van der Waals surface area contributed by atoms with Gasteiger partial charge in [-0.3, -0.25) is 9.35 Å². The van der Waals surface area contributed by atoms with Crippen molar-refractivity contribution in [3.63, 3.8) is 0 Å². The van der Waals surface area contributed by atoms with Gasteiger partial charge in [-0.25, -0.2) is 4.18 Å². The van der Waals surface area contributed by atoms with Crippen LogP contribution in [0, 0.1) is 0 Å². The molecule has 1 heterocycles. The largest absolute Gasteiger partial charge is 0.457 e. The second kappa shape index (κ2) is 46.8.